The van der Waals surface area contributed by atoms with Crippen LogP contribution in [0.3, 0.4) is 0 Å². The predicted octanol–water partition coefficient (Wildman–Crippen LogP) is 5.21. The molecule has 0 saturated heterocycles. The van der Waals surface area contributed by atoms with E-state index in [1.807, 2.05) is 24.3 Å². The highest BCUT2D eigenvalue weighted by Crippen LogP contribution is 2.26. The molecule has 0 radical (unpaired) electrons. The topological polar surface area (TPSA) is 25.4 Å². The molecule has 0 atom stereocenters. The second-order valence-corrected chi connectivity index (χ2v) is 7.45. The van der Waals surface area contributed by atoms with E-state index in [-0.39, 0.29) is 0 Å². The fourth-order valence-electron chi connectivity index (χ4n) is 2.51. The van der Waals surface area contributed by atoms with Gasteiger partial charge in [0.15, 0.2) is 0 Å². The molecule has 1 aromatic heterocycles. The summed E-state index contributed by atoms with van der Waals surface area (Å²) in [5, 5.41) is 3.20. The summed E-state index contributed by atoms with van der Waals surface area (Å²) in [5.74, 6) is 0.888. The fraction of sp³-hybridized carbons (Fsp3) is 0.211. The van der Waals surface area contributed by atoms with Crippen molar-refractivity contribution in [3.8, 4) is 16.3 Å². The largest absolute Gasteiger partial charge is 0.497 e. The highest BCUT2D eigenvalue weighted by molar-refractivity contribution is 9.10. The Kier molecular flexibility index (Phi) is 5.66. The monoisotopic (exact) mass is 402 g/mol. The number of halogens is 1. The van der Waals surface area contributed by atoms with Crippen molar-refractivity contribution >= 4 is 27.3 Å². The first kappa shape index (κ1) is 17.1. The molecule has 3 aromatic rings. The Hall–Kier alpha value is -1.69. The molecule has 0 bridgehead atoms. The maximum atomic E-state index is 5.20. The maximum absolute atomic E-state index is 5.20. The molecule has 3 nitrogen and oxygen atoms in total. The third-order valence-electron chi connectivity index (χ3n) is 3.67. The summed E-state index contributed by atoms with van der Waals surface area (Å²) in [7, 11) is 3.80. The van der Waals surface area contributed by atoms with Gasteiger partial charge in [-0.15, -0.1) is 11.3 Å². The maximum Gasteiger partial charge on any atom is 0.123 e. The summed E-state index contributed by atoms with van der Waals surface area (Å²) in [6, 6.07) is 16.5. The lowest BCUT2D eigenvalue weighted by atomic mass is 10.2. The molecular formula is C19H19BrN2OS. The minimum atomic E-state index is 0.830. The van der Waals surface area contributed by atoms with Gasteiger partial charge in [0.1, 0.15) is 10.8 Å². The summed E-state index contributed by atoms with van der Waals surface area (Å²) in [5.41, 5.74) is 3.52. The molecule has 0 aliphatic carbocycles. The standard InChI is InChI=1S/C19H19BrN2OS/c1-22(11-14-6-8-18(23-2)9-7-14)12-17-13-24-19(21-17)15-4-3-5-16(20)10-15/h3-10,13H,11-12H2,1-2H3. The zero-order valence-corrected chi connectivity index (χ0v) is 16.1. The number of benzene rings is 2. The smallest absolute Gasteiger partial charge is 0.123 e. The van der Waals surface area contributed by atoms with Gasteiger partial charge in [-0.25, -0.2) is 4.98 Å². The molecule has 0 aliphatic rings. The molecule has 0 aliphatic heterocycles. The van der Waals surface area contributed by atoms with Crippen molar-refractivity contribution in [2.75, 3.05) is 14.2 Å². The number of thiazole rings is 1. The lowest BCUT2D eigenvalue weighted by molar-refractivity contribution is 0.315. The number of ether oxygens (including phenoxy) is 1. The molecule has 3 rings (SSSR count). The second kappa shape index (κ2) is 7.92. The zero-order valence-electron chi connectivity index (χ0n) is 13.7. The molecule has 2 aromatic carbocycles. The molecular weight excluding hydrogens is 384 g/mol. The first-order chi connectivity index (χ1) is 11.6. The fourth-order valence-corrected chi connectivity index (χ4v) is 3.72. The van der Waals surface area contributed by atoms with Crippen LogP contribution in [0, 0.1) is 0 Å². The number of rotatable bonds is 6. The summed E-state index contributed by atoms with van der Waals surface area (Å²) in [6.07, 6.45) is 0. The molecule has 124 valence electrons. The van der Waals surface area contributed by atoms with Gasteiger partial charge >= 0.3 is 0 Å². The van der Waals surface area contributed by atoms with E-state index in [9.17, 15) is 0 Å². The van der Waals surface area contributed by atoms with Crippen LogP contribution >= 0.6 is 27.3 Å². The lowest BCUT2D eigenvalue weighted by Crippen LogP contribution is -2.17. The van der Waals surface area contributed by atoms with Gasteiger partial charge < -0.3 is 4.74 Å². The first-order valence-electron chi connectivity index (χ1n) is 7.66. The number of hydrogen-bond donors (Lipinski definition) is 0. The van der Waals surface area contributed by atoms with E-state index < -0.39 is 0 Å². The number of aromatic nitrogens is 1. The van der Waals surface area contributed by atoms with Crippen molar-refractivity contribution in [1.29, 1.82) is 0 Å². The van der Waals surface area contributed by atoms with Gasteiger partial charge in [0.2, 0.25) is 0 Å². The highest BCUT2D eigenvalue weighted by atomic mass is 79.9. The minimum Gasteiger partial charge on any atom is -0.497 e. The van der Waals surface area contributed by atoms with E-state index in [0.717, 1.165) is 39.6 Å². The quantitative estimate of drug-likeness (QED) is 0.565. The van der Waals surface area contributed by atoms with Crippen molar-refractivity contribution in [3.63, 3.8) is 0 Å². The van der Waals surface area contributed by atoms with E-state index >= 15 is 0 Å². The Labute approximate surface area is 155 Å². The molecule has 0 fully saturated rings. The second-order valence-electron chi connectivity index (χ2n) is 5.67. The SMILES string of the molecule is COc1ccc(CN(C)Cc2csc(-c3cccc(Br)c3)n2)cc1. The average molecular weight is 403 g/mol. The van der Waals surface area contributed by atoms with Gasteiger partial charge in [-0.05, 0) is 36.9 Å². The Morgan fingerprint density at radius 2 is 1.92 bits per heavy atom. The predicted molar refractivity (Wildman–Crippen MR) is 103 cm³/mol. The van der Waals surface area contributed by atoms with Crippen molar-refractivity contribution < 1.29 is 4.74 Å². The Balaban J connectivity index is 1.63. The van der Waals surface area contributed by atoms with E-state index in [2.05, 4.69) is 57.5 Å². The summed E-state index contributed by atoms with van der Waals surface area (Å²) < 4.78 is 6.27. The molecule has 5 heteroatoms. The van der Waals surface area contributed by atoms with Crippen molar-refractivity contribution in [2.45, 2.75) is 13.1 Å². The van der Waals surface area contributed by atoms with Gasteiger partial charge in [-0.3, -0.25) is 4.90 Å². The van der Waals surface area contributed by atoms with Crippen LogP contribution in [0.5, 0.6) is 5.75 Å². The third-order valence-corrected chi connectivity index (χ3v) is 5.10. The van der Waals surface area contributed by atoms with Crippen molar-refractivity contribution in [2.24, 2.45) is 0 Å². The van der Waals surface area contributed by atoms with Crippen LogP contribution in [0.15, 0.2) is 58.4 Å². The summed E-state index contributed by atoms with van der Waals surface area (Å²) >= 11 is 5.20. The molecule has 0 N–H and O–H groups in total. The van der Waals surface area contributed by atoms with Crippen LogP contribution in [0.25, 0.3) is 10.6 Å². The normalized spacial score (nSPS) is 11.0. The molecule has 0 unspecified atom stereocenters. The van der Waals surface area contributed by atoms with Crippen molar-refractivity contribution in [1.82, 2.24) is 9.88 Å². The first-order valence-corrected chi connectivity index (χ1v) is 9.33. The van der Waals surface area contributed by atoms with Crippen LogP contribution in [-0.4, -0.2) is 24.0 Å². The lowest BCUT2D eigenvalue weighted by Gasteiger charge is -2.15. The highest BCUT2D eigenvalue weighted by Gasteiger charge is 2.08. The van der Waals surface area contributed by atoms with E-state index in [4.69, 9.17) is 9.72 Å². The van der Waals surface area contributed by atoms with Gasteiger partial charge in [0.05, 0.1) is 12.8 Å². The third kappa shape index (κ3) is 4.44. The van der Waals surface area contributed by atoms with Crippen LogP contribution < -0.4 is 4.74 Å². The zero-order chi connectivity index (χ0) is 16.9. The van der Waals surface area contributed by atoms with E-state index in [1.165, 1.54) is 5.56 Å². The minimum absolute atomic E-state index is 0.830. The summed E-state index contributed by atoms with van der Waals surface area (Å²) in [6.45, 7) is 1.71. The van der Waals surface area contributed by atoms with Crippen molar-refractivity contribution in [3.05, 3.63) is 69.6 Å². The van der Waals surface area contributed by atoms with Crippen LogP contribution in [0.4, 0.5) is 0 Å². The Morgan fingerprint density at radius 1 is 1.12 bits per heavy atom. The van der Waals surface area contributed by atoms with Crippen LogP contribution in [-0.2, 0) is 13.1 Å². The summed E-state index contributed by atoms with van der Waals surface area (Å²) in [4.78, 5) is 7.03. The van der Waals surface area contributed by atoms with Crippen LogP contribution in [0.1, 0.15) is 11.3 Å². The van der Waals surface area contributed by atoms with Gasteiger partial charge in [0.25, 0.3) is 0 Å². The Bertz CT molecular complexity index is 801. The average Bonchev–Trinajstić information content (AvgIpc) is 3.04. The molecule has 24 heavy (non-hydrogen) atoms. The van der Waals surface area contributed by atoms with Gasteiger partial charge in [-0.1, -0.05) is 40.2 Å². The van der Waals surface area contributed by atoms with E-state index in [0.29, 0.717) is 0 Å². The number of nitrogens with zero attached hydrogens (tertiary/aromatic N) is 2. The molecule has 0 amide bonds. The number of methoxy groups -OCH3 is 1. The molecule has 0 saturated carbocycles. The van der Waals surface area contributed by atoms with E-state index in [1.54, 1.807) is 18.4 Å². The molecule has 1 heterocycles. The molecule has 0 spiro atoms. The Morgan fingerprint density at radius 3 is 2.62 bits per heavy atom. The van der Waals surface area contributed by atoms with Gasteiger partial charge in [0, 0.05) is 28.5 Å². The van der Waals surface area contributed by atoms with Crippen LogP contribution in [0.2, 0.25) is 0 Å². The van der Waals surface area contributed by atoms with Gasteiger partial charge in [-0.2, -0.15) is 0 Å². The number of hydrogen-bond acceptors (Lipinski definition) is 4.